The summed E-state index contributed by atoms with van der Waals surface area (Å²) in [5.41, 5.74) is 1.07. The normalized spacial score (nSPS) is 10.0. The van der Waals surface area contributed by atoms with Gasteiger partial charge in [0.25, 0.3) is 0 Å². The molecule has 0 aliphatic carbocycles. The third kappa shape index (κ3) is 5.01. The molecule has 0 bridgehead atoms. The molecule has 4 nitrogen and oxygen atoms in total. The van der Waals surface area contributed by atoms with Gasteiger partial charge < -0.3 is 5.32 Å². The van der Waals surface area contributed by atoms with E-state index in [0.717, 1.165) is 21.3 Å². The van der Waals surface area contributed by atoms with E-state index in [9.17, 15) is 0 Å². The molecule has 1 aromatic carbocycles. The van der Waals surface area contributed by atoms with Crippen LogP contribution in [0.25, 0.3) is 0 Å². The van der Waals surface area contributed by atoms with Crippen LogP contribution in [0.15, 0.2) is 58.3 Å². The number of hydrogen-bond acceptors (Lipinski definition) is 4. The highest BCUT2D eigenvalue weighted by molar-refractivity contribution is 7.99. The molecule has 3 rings (SSSR count). The Bertz CT molecular complexity index is 767. The Balaban J connectivity index is 0.00000100. The van der Waals surface area contributed by atoms with Gasteiger partial charge in [-0.15, -0.1) is 0 Å². The summed E-state index contributed by atoms with van der Waals surface area (Å²) >= 11 is 7.77. The quantitative estimate of drug-likeness (QED) is 0.606. The van der Waals surface area contributed by atoms with E-state index in [-0.39, 0.29) is 0 Å². The van der Waals surface area contributed by atoms with E-state index in [0.29, 0.717) is 11.0 Å². The summed E-state index contributed by atoms with van der Waals surface area (Å²) in [6.07, 6.45) is 0. The number of halogens is 1. The highest BCUT2D eigenvalue weighted by Crippen LogP contribution is 2.31. The van der Waals surface area contributed by atoms with E-state index < -0.39 is 0 Å². The standard InChI is InChI=1S/C16H15ClN4S.C2H6/c1-11-8-16(20-21(11)2)19-15-10-13(9-14(17)18-15)22-12-6-4-3-5-7-12;1-2/h3-10H,1-2H3,(H,18,19,20);1-2H3. The van der Waals surface area contributed by atoms with Crippen molar-refractivity contribution < 1.29 is 0 Å². The number of anilines is 2. The van der Waals surface area contributed by atoms with Crippen LogP contribution in [0.3, 0.4) is 0 Å². The van der Waals surface area contributed by atoms with Gasteiger partial charge in [0.2, 0.25) is 0 Å². The minimum absolute atomic E-state index is 0.455. The van der Waals surface area contributed by atoms with Gasteiger partial charge in [-0.1, -0.05) is 55.4 Å². The molecule has 0 aliphatic rings. The second kappa shape index (κ2) is 8.76. The molecule has 0 saturated heterocycles. The lowest BCUT2D eigenvalue weighted by Crippen LogP contribution is -1.97. The number of aromatic nitrogens is 3. The molecule has 0 aliphatic heterocycles. The van der Waals surface area contributed by atoms with Gasteiger partial charge in [-0.25, -0.2) is 4.98 Å². The minimum atomic E-state index is 0.455. The maximum atomic E-state index is 6.13. The first-order valence-corrected chi connectivity index (χ1v) is 8.98. The summed E-state index contributed by atoms with van der Waals surface area (Å²) in [6.45, 7) is 6.00. The van der Waals surface area contributed by atoms with Crippen LogP contribution in [0, 0.1) is 6.92 Å². The van der Waals surface area contributed by atoms with Crippen LogP contribution in [0.5, 0.6) is 0 Å². The van der Waals surface area contributed by atoms with Gasteiger partial charge >= 0.3 is 0 Å². The first-order valence-electron chi connectivity index (χ1n) is 7.78. The van der Waals surface area contributed by atoms with Crippen LogP contribution in [0.1, 0.15) is 19.5 Å². The van der Waals surface area contributed by atoms with Gasteiger partial charge in [-0.3, -0.25) is 4.68 Å². The van der Waals surface area contributed by atoms with E-state index in [1.54, 1.807) is 11.8 Å². The molecule has 6 heteroatoms. The molecule has 0 amide bonds. The summed E-state index contributed by atoms with van der Waals surface area (Å²) in [7, 11) is 1.91. The molecular formula is C18H21ClN4S. The third-order valence-corrected chi connectivity index (χ3v) is 4.29. The van der Waals surface area contributed by atoms with Crippen molar-refractivity contribution in [2.45, 2.75) is 30.6 Å². The zero-order valence-electron chi connectivity index (χ0n) is 14.2. The molecule has 126 valence electrons. The topological polar surface area (TPSA) is 42.7 Å². The van der Waals surface area contributed by atoms with Crippen molar-refractivity contribution >= 4 is 35.0 Å². The van der Waals surface area contributed by atoms with Crippen molar-refractivity contribution in [3.05, 3.63) is 59.4 Å². The molecular weight excluding hydrogens is 340 g/mol. The van der Waals surface area contributed by atoms with Crippen LogP contribution in [-0.4, -0.2) is 14.8 Å². The smallest absolute Gasteiger partial charge is 0.153 e. The first kappa shape index (κ1) is 18.4. The summed E-state index contributed by atoms with van der Waals surface area (Å²) in [6, 6.07) is 15.9. The predicted octanol–water partition coefficient (Wildman–Crippen LogP) is 5.70. The van der Waals surface area contributed by atoms with Crippen molar-refractivity contribution in [2.75, 3.05) is 5.32 Å². The lowest BCUT2D eigenvalue weighted by molar-refractivity contribution is 0.743. The number of pyridine rings is 1. The van der Waals surface area contributed by atoms with E-state index in [1.165, 1.54) is 0 Å². The lowest BCUT2D eigenvalue weighted by atomic mass is 10.4. The van der Waals surface area contributed by atoms with E-state index >= 15 is 0 Å². The Morgan fingerprint density at radius 3 is 2.33 bits per heavy atom. The number of nitrogens with one attached hydrogen (secondary N) is 1. The molecule has 0 fully saturated rings. The number of rotatable bonds is 4. The minimum Gasteiger partial charge on any atom is -0.323 e. The predicted molar refractivity (Wildman–Crippen MR) is 102 cm³/mol. The van der Waals surface area contributed by atoms with Crippen LogP contribution >= 0.6 is 23.4 Å². The van der Waals surface area contributed by atoms with Gasteiger partial charge in [0, 0.05) is 28.6 Å². The second-order valence-corrected chi connectivity index (χ2v) is 6.38. The van der Waals surface area contributed by atoms with E-state index in [2.05, 4.69) is 27.5 Å². The molecule has 0 spiro atoms. The molecule has 2 aromatic heterocycles. The number of aryl methyl sites for hydroxylation is 2. The fraction of sp³-hybridized carbons (Fsp3) is 0.222. The summed E-state index contributed by atoms with van der Waals surface area (Å²) in [4.78, 5) is 6.49. The van der Waals surface area contributed by atoms with Crippen LogP contribution in [-0.2, 0) is 7.05 Å². The monoisotopic (exact) mass is 360 g/mol. The van der Waals surface area contributed by atoms with Gasteiger partial charge in [0.05, 0.1) is 0 Å². The van der Waals surface area contributed by atoms with Gasteiger partial charge in [0.1, 0.15) is 11.0 Å². The van der Waals surface area contributed by atoms with Crippen molar-refractivity contribution in [3.63, 3.8) is 0 Å². The Morgan fingerprint density at radius 2 is 1.71 bits per heavy atom. The fourth-order valence-corrected chi connectivity index (χ4v) is 3.15. The van der Waals surface area contributed by atoms with Crippen LogP contribution in [0.2, 0.25) is 5.15 Å². The maximum Gasteiger partial charge on any atom is 0.153 e. The molecule has 3 aromatic rings. The van der Waals surface area contributed by atoms with Crippen LogP contribution < -0.4 is 5.32 Å². The Hall–Kier alpha value is -1.98. The van der Waals surface area contributed by atoms with Gasteiger partial charge in [-0.2, -0.15) is 5.10 Å². The Labute approximate surface area is 152 Å². The second-order valence-electron chi connectivity index (χ2n) is 4.85. The van der Waals surface area contributed by atoms with Crippen molar-refractivity contribution in [3.8, 4) is 0 Å². The summed E-state index contributed by atoms with van der Waals surface area (Å²) in [5.74, 6) is 1.44. The van der Waals surface area contributed by atoms with Crippen LogP contribution in [0.4, 0.5) is 11.6 Å². The molecule has 0 atom stereocenters. The van der Waals surface area contributed by atoms with E-state index in [4.69, 9.17) is 11.6 Å². The van der Waals surface area contributed by atoms with E-state index in [1.807, 2.05) is 68.9 Å². The lowest BCUT2D eigenvalue weighted by Gasteiger charge is -2.06. The number of nitrogens with zero attached hydrogens (tertiary/aromatic N) is 3. The largest absolute Gasteiger partial charge is 0.323 e. The Kier molecular flexibility index (Phi) is 6.70. The van der Waals surface area contributed by atoms with Gasteiger partial charge in [0.15, 0.2) is 5.82 Å². The van der Waals surface area contributed by atoms with Gasteiger partial charge in [-0.05, 0) is 31.2 Å². The highest BCUT2D eigenvalue weighted by atomic mass is 35.5. The SMILES string of the molecule is CC.Cc1cc(Nc2cc(Sc3ccccc3)cc(Cl)n2)nn1C. The molecule has 0 saturated carbocycles. The summed E-state index contributed by atoms with van der Waals surface area (Å²) < 4.78 is 1.81. The molecule has 0 unspecified atom stereocenters. The molecule has 2 heterocycles. The van der Waals surface area contributed by atoms with Crippen molar-refractivity contribution in [2.24, 2.45) is 7.05 Å². The Morgan fingerprint density at radius 1 is 1.00 bits per heavy atom. The average Bonchev–Trinajstić information content (AvgIpc) is 2.87. The van der Waals surface area contributed by atoms with Crippen molar-refractivity contribution in [1.82, 2.24) is 14.8 Å². The number of hydrogen-bond donors (Lipinski definition) is 1. The van der Waals surface area contributed by atoms with Crippen molar-refractivity contribution in [1.29, 1.82) is 0 Å². The molecule has 24 heavy (non-hydrogen) atoms. The maximum absolute atomic E-state index is 6.13. The first-order chi connectivity index (χ1) is 11.6. The highest BCUT2D eigenvalue weighted by Gasteiger charge is 2.06. The number of benzene rings is 1. The molecule has 1 N–H and O–H groups in total. The average molecular weight is 361 g/mol. The zero-order chi connectivity index (χ0) is 17.5. The fourth-order valence-electron chi connectivity index (χ4n) is 1.97. The molecule has 0 radical (unpaired) electrons. The third-order valence-electron chi connectivity index (χ3n) is 3.12. The summed E-state index contributed by atoms with van der Waals surface area (Å²) in [5, 5.41) is 8.01. The zero-order valence-corrected chi connectivity index (χ0v) is 15.8.